The Kier molecular flexibility index (Phi) is 4.33. The Balaban J connectivity index is 2.56. The van der Waals surface area contributed by atoms with Crippen LogP contribution in [0.4, 0.5) is 0 Å². The molecular weight excluding hydrogens is 188 g/mol. The summed E-state index contributed by atoms with van der Waals surface area (Å²) in [6, 6.07) is 0. The van der Waals surface area contributed by atoms with Crippen molar-refractivity contribution < 1.29 is 4.79 Å². The Bertz CT molecular complexity index is 230. The van der Waals surface area contributed by atoms with Gasteiger partial charge in [-0.15, -0.1) is 0 Å². The van der Waals surface area contributed by atoms with E-state index in [1.807, 2.05) is 0 Å². The lowest BCUT2D eigenvalue weighted by Crippen LogP contribution is -2.53. The predicted molar refractivity (Wildman–Crippen MR) is 62.7 cm³/mol. The van der Waals surface area contributed by atoms with Crippen LogP contribution in [0.15, 0.2) is 12.7 Å². The molecule has 1 aliphatic carbocycles. The average molecular weight is 210 g/mol. The van der Waals surface area contributed by atoms with E-state index in [-0.39, 0.29) is 11.4 Å². The van der Waals surface area contributed by atoms with Gasteiger partial charge in [0.15, 0.2) is 0 Å². The third-order valence-electron chi connectivity index (χ3n) is 3.51. The molecule has 0 aromatic rings. The van der Waals surface area contributed by atoms with Crippen molar-refractivity contribution in [2.45, 2.75) is 37.6 Å². The van der Waals surface area contributed by atoms with Gasteiger partial charge in [-0.05, 0) is 33.0 Å². The number of amides is 1. The van der Waals surface area contributed by atoms with Gasteiger partial charge in [0.05, 0.1) is 0 Å². The van der Waals surface area contributed by atoms with E-state index < -0.39 is 0 Å². The summed E-state index contributed by atoms with van der Waals surface area (Å²) in [7, 11) is 4.21. The minimum absolute atomic E-state index is 0.0678. The summed E-state index contributed by atoms with van der Waals surface area (Å²) in [5.41, 5.74) is 0.164. The van der Waals surface area contributed by atoms with E-state index in [2.05, 4.69) is 30.9 Å². The van der Waals surface area contributed by atoms with Crippen LogP contribution < -0.4 is 5.32 Å². The fraction of sp³-hybridized carbons (Fsp3) is 0.750. The lowest BCUT2D eigenvalue weighted by atomic mass is 9.80. The van der Waals surface area contributed by atoms with E-state index >= 15 is 0 Å². The second-order valence-corrected chi connectivity index (χ2v) is 4.60. The van der Waals surface area contributed by atoms with Crippen molar-refractivity contribution in [3.05, 3.63) is 12.7 Å². The Morgan fingerprint density at radius 3 is 2.47 bits per heavy atom. The smallest absolute Gasteiger partial charge is 0.243 e. The fourth-order valence-electron chi connectivity index (χ4n) is 2.32. The summed E-state index contributed by atoms with van der Waals surface area (Å²) >= 11 is 0. The number of rotatable bonds is 4. The molecule has 0 saturated heterocycles. The molecule has 0 heterocycles. The third-order valence-corrected chi connectivity index (χ3v) is 3.51. The van der Waals surface area contributed by atoms with Gasteiger partial charge >= 0.3 is 0 Å². The largest absolute Gasteiger partial charge is 0.351 e. The Hall–Kier alpha value is -0.830. The summed E-state index contributed by atoms with van der Waals surface area (Å²) < 4.78 is 0. The van der Waals surface area contributed by atoms with Gasteiger partial charge in [0.2, 0.25) is 5.91 Å². The fourth-order valence-corrected chi connectivity index (χ4v) is 2.32. The van der Waals surface area contributed by atoms with Crippen molar-refractivity contribution in [3.63, 3.8) is 0 Å². The molecule has 1 aliphatic rings. The van der Waals surface area contributed by atoms with E-state index in [1.54, 1.807) is 0 Å². The quantitative estimate of drug-likeness (QED) is 0.714. The monoisotopic (exact) mass is 210 g/mol. The van der Waals surface area contributed by atoms with Gasteiger partial charge < -0.3 is 10.2 Å². The SMILES string of the molecule is C=CC(=O)NCC1(N(C)C)CCCCC1. The topological polar surface area (TPSA) is 32.3 Å². The zero-order chi connectivity index (χ0) is 11.3. The van der Waals surface area contributed by atoms with Crippen LogP contribution in [-0.2, 0) is 4.79 Å². The van der Waals surface area contributed by atoms with Gasteiger partial charge in [-0.25, -0.2) is 0 Å². The maximum absolute atomic E-state index is 11.2. The molecule has 15 heavy (non-hydrogen) atoms. The molecule has 1 N–H and O–H groups in total. The maximum atomic E-state index is 11.2. The highest BCUT2D eigenvalue weighted by Gasteiger charge is 2.34. The molecule has 1 saturated carbocycles. The molecule has 86 valence electrons. The Morgan fingerprint density at radius 2 is 2.00 bits per heavy atom. The summed E-state index contributed by atoms with van der Waals surface area (Å²) in [4.78, 5) is 13.4. The molecule has 1 fully saturated rings. The zero-order valence-corrected chi connectivity index (χ0v) is 9.88. The van der Waals surface area contributed by atoms with Crippen molar-refractivity contribution in [1.82, 2.24) is 10.2 Å². The standard InChI is InChI=1S/C12H22N2O/c1-4-11(15)13-10-12(14(2)3)8-6-5-7-9-12/h4H,1,5-10H2,2-3H3,(H,13,15). The Labute approximate surface area is 92.5 Å². The van der Waals surface area contributed by atoms with E-state index in [4.69, 9.17) is 0 Å². The lowest BCUT2D eigenvalue weighted by molar-refractivity contribution is -0.117. The minimum atomic E-state index is -0.0678. The van der Waals surface area contributed by atoms with E-state index in [0.717, 1.165) is 6.54 Å². The van der Waals surface area contributed by atoms with Crippen LogP contribution in [0.5, 0.6) is 0 Å². The van der Waals surface area contributed by atoms with Crippen molar-refractivity contribution in [2.75, 3.05) is 20.6 Å². The van der Waals surface area contributed by atoms with Crippen LogP contribution in [0.1, 0.15) is 32.1 Å². The summed E-state index contributed by atoms with van der Waals surface area (Å²) in [5.74, 6) is -0.0678. The second kappa shape index (κ2) is 5.31. The number of nitrogens with one attached hydrogen (secondary N) is 1. The summed E-state index contributed by atoms with van der Waals surface area (Å²) in [6.45, 7) is 4.21. The van der Waals surface area contributed by atoms with Gasteiger partial charge in [-0.3, -0.25) is 4.79 Å². The molecule has 0 atom stereocenters. The molecule has 0 aliphatic heterocycles. The molecular formula is C12H22N2O. The minimum Gasteiger partial charge on any atom is -0.351 e. The maximum Gasteiger partial charge on any atom is 0.243 e. The van der Waals surface area contributed by atoms with Gasteiger partial charge in [0.1, 0.15) is 0 Å². The number of carbonyl (C=O) groups excluding carboxylic acids is 1. The number of hydrogen-bond acceptors (Lipinski definition) is 2. The first-order chi connectivity index (χ1) is 7.10. The summed E-state index contributed by atoms with van der Waals surface area (Å²) in [5, 5.41) is 2.93. The molecule has 1 rings (SSSR count). The first kappa shape index (κ1) is 12.2. The van der Waals surface area contributed by atoms with Crippen molar-refractivity contribution in [3.8, 4) is 0 Å². The molecule has 0 aromatic heterocycles. The number of nitrogens with zero attached hydrogens (tertiary/aromatic N) is 1. The van der Waals surface area contributed by atoms with Crippen LogP contribution in [0.3, 0.4) is 0 Å². The molecule has 3 heteroatoms. The molecule has 0 unspecified atom stereocenters. The van der Waals surface area contributed by atoms with Gasteiger partial charge in [-0.2, -0.15) is 0 Å². The van der Waals surface area contributed by atoms with Crippen molar-refractivity contribution >= 4 is 5.91 Å². The van der Waals surface area contributed by atoms with Crippen LogP contribution in [0, 0.1) is 0 Å². The number of carbonyl (C=O) groups is 1. The van der Waals surface area contributed by atoms with Crippen LogP contribution >= 0.6 is 0 Å². The average Bonchev–Trinajstić information content (AvgIpc) is 2.27. The molecule has 0 spiro atoms. The van der Waals surface area contributed by atoms with E-state index in [1.165, 1.54) is 38.2 Å². The first-order valence-corrected chi connectivity index (χ1v) is 5.68. The van der Waals surface area contributed by atoms with Crippen molar-refractivity contribution in [2.24, 2.45) is 0 Å². The van der Waals surface area contributed by atoms with Crippen molar-refractivity contribution in [1.29, 1.82) is 0 Å². The van der Waals surface area contributed by atoms with Crippen LogP contribution in [-0.4, -0.2) is 37.0 Å². The number of hydrogen-bond donors (Lipinski definition) is 1. The Morgan fingerprint density at radius 1 is 1.40 bits per heavy atom. The number of likely N-dealkylation sites (N-methyl/N-ethyl adjacent to an activating group) is 1. The van der Waals surface area contributed by atoms with Gasteiger partial charge in [0, 0.05) is 12.1 Å². The predicted octanol–water partition coefficient (Wildman–Crippen LogP) is 1.55. The van der Waals surface area contributed by atoms with Crippen LogP contribution in [0.2, 0.25) is 0 Å². The molecule has 0 aromatic carbocycles. The zero-order valence-electron chi connectivity index (χ0n) is 9.88. The highest BCUT2D eigenvalue weighted by atomic mass is 16.1. The highest BCUT2D eigenvalue weighted by molar-refractivity contribution is 5.86. The third kappa shape index (κ3) is 3.06. The second-order valence-electron chi connectivity index (χ2n) is 4.60. The van der Waals surface area contributed by atoms with E-state index in [0.29, 0.717) is 0 Å². The van der Waals surface area contributed by atoms with Gasteiger partial charge in [-0.1, -0.05) is 25.8 Å². The molecule has 0 radical (unpaired) electrons. The molecule has 0 bridgehead atoms. The van der Waals surface area contributed by atoms with Crippen LogP contribution in [0.25, 0.3) is 0 Å². The first-order valence-electron chi connectivity index (χ1n) is 5.68. The van der Waals surface area contributed by atoms with Gasteiger partial charge in [0.25, 0.3) is 0 Å². The highest BCUT2D eigenvalue weighted by Crippen LogP contribution is 2.31. The normalized spacial score (nSPS) is 19.9. The van der Waals surface area contributed by atoms with E-state index in [9.17, 15) is 4.79 Å². The molecule has 1 amide bonds. The summed E-state index contributed by atoms with van der Waals surface area (Å²) in [6.07, 6.45) is 7.55. The molecule has 3 nitrogen and oxygen atoms in total. The lowest BCUT2D eigenvalue weighted by Gasteiger charge is -2.43.